The minimum Gasteiger partial charge on any atom is -1.00 e. The molecular formula is C80H93Br2F9MgN4O7. The summed E-state index contributed by atoms with van der Waals surface area (Å²) >= 11 is 3.43. The van der Waals surface area contributed by atoms with Crippen molar-refractivity contribution in [1.29, 1.82) is 0 Å². The summed E-state index contributed by atoms with van der Waals surface area (Å²) in [7, 11) is 6.10. The predicted molar refractivity (Wildman–Crippen MR) is 383 cm³/mol. The van der Waals surface area contributed by atoms with E-state index in [1.807, 2.05) is 111 Å². The van der Waals surface area contributed by atoms with Crippen LogP contribution in [0.15, 0.2) is 176 Å². The molecule has 7 aromatic carbocycles. The normalized spacial score (nSPS) is 21.3. The number of likely N-dealkylation sites (tertiary alicyclic amines) is 1. The second kappa shape index (κ2) is 36.8. The van der Waals surface area contributed by atoms with Gasteiger partial charge in [0, 0.05) is 62.4 Å². The fraction of sp³-hybridized carbons (Fsp3) is 0.463. The van der Waals surface area contributed by atoms with E-state index in [0.717, 1.165) is 141 Å². The van der Waals surface area contributed by atoms with Crippen LogP contribution in [0.1, 0.15) is 140 Å². The summed E-state index contributed by atoms with van der Waals surface area (Å²) in [5, 5.41) is 37.1. The first-order valence-corrected chi connectivity index (χ1v) is 36.1. The van der Waals surface area contributed by atoms with Gasteiger partial charge < -0.3 is 72.9 Å². The summed E-state index contributed by atoms with van der Waals surface area (Å²) in [4.78, 5) is 9.08. The molecule has 2 bridgehead atoms. The summed E-state index contributed by atoms with van der Waals surface area (Å²) in [5.41, 5.74) is -0.0397. The van der Waals surface area contributed by atoms with E-state index < -0.39 is 57.9 Å². The molecule has 1 spiro atoms. The van der Waals surface area contributed by atoms with Crippen molar-refractivity contribution in [3.63, 3.8) is 0 Å². The molecule has 103 heavy (non-hydrogen) atoms. The van der Waals surface area contributed by atoms with Crippen LogP contribution < -0.4 is 35.9 Å². The summed E-state index contributed by atoms with van der Waals surface area (Å²) < 4.78 is 140. The standard InChI is InChI=1S/C40H47F3N2O5.C20H23BrF3NO.C20H23F3NO.BrH.Mg/c1-44(22-16-32(27-6-3-2-4-7-27)49-30-13-11-29(12-14-30)40(41,42)43)21-5-17-37(47)18-19-39(48)33-24-28-10-15-31(46)35-34(28)38(39,36(37)50-35)20-23-45(33)25-26-8-9-26;1-25(14-5-13-21)15-12-19(16-6-3-2-4-7-16)26-18-10-8-17(9-11-18)20(22,23)24;1-3-14-24(2)15-13-19(16-7-5-4-6-8-16)25-18-11-9-17(10-12-18)20(21,22)23;;/h2-4,6-7,10-15,26,32-33,36,46-48H,5,8-9,16-25H2,1H3;2-4,6-11,19H,5,12-15H2,1H3;4-12,19H,1,3,13-15H2,2H3;1H;/q;;-1;;+2/p-1/t32?,33-,36+,37+,38+,39-;;;;/m1..../s1. The minimum atomic E-state index is -4.41. The van der Waals surface area contributed by atoms with Crippen molar-refractivity contribution < 1.29 is 90.8 Å². The van der Waals surface area contributed by atoms with E-state index in [1.165, 1.54) is 49.2 Å². The average molecular weight is 1580 g/mol. The van der Waals surface area contributed by atoms with E-state index in [4.69, 9.17) is 18.9 Å². The van der Waals surface area contributed by atoms with E-state index in [2.05, 4.69) is 49.5 Å². The topological polar surface area (TPSA) is 111 Å². The largest absolute Gasteiger partial charge is 2.00 e. The Labute approximate surface area is 635 Å². The number of ether oxygens (including phenoxy) is 4. The first kappa shape index (κ1) is 83.0. The molecule has 2 saturated carbocycles. The molecule has 3 fully saturated rings. The molecule has 0 amide bonds. The molecule has 2 aliphatic heterocycles. The van der Waals surface area contributed by atoms with Crippen molar-refractivity contribution in [2.45, 2.75) is 149 Å². The Morgan fingerprint density at radius 3 is 1.35 bits per heavy atom. The monoisotopic (exact) mass is 1570 g/mol. The Morgan fingerprint density at radius 2 is 0.961 bits per heavy atom. The summed E-state index contributed by atoms with van der Waals surface area (Å²) in [6.07, 6.45) is -4.51. The summed E-state index contributed by atoms with van der Waals surface area (Å²) in [6.45, 7) is 10.6. The number of phenolic OH excluding ortho intramolecular Hbond substituents is 1. The molecule has 3 aliphatic carbocycles. The maximum Gasteiger partial charge on any atom is 2.00 e. The van der Waals surface area contributed by atoms with Crippen LogP contribution >= 0.6 is 15.9 Å². The number of benzene rings is 7. The number of piperidine rings is 1. The van der Waals surface area contributed by atoms with Crippen LogP contribution in [0.5, 0.6) is 28.7 Å². The van der Waals surface area contributed by atoms with Gasteiger partial charge in [0.1, 0.15) is 47.3 Å². The number of rotatable bonds is 29. The van der Waals surface area contributed by atoms with Gasteiger partial charge in [-0.05, 0) is 212 Å². The van der Waals surface area contributed by atoms with Crippen LogP contribution in [-0.4, -0.2) is 160 Å². The van der Waals surface area contributed by atoms with Crippen LogP contribution in [0.2, 0.25) is 0 Å². The zero-order valence-electron chi connectivity index (χ0n) is 58.6. The fourth-order valence-electron chi connectivity index (χ4n) is 15.0. The van der Waals surface area contributed by atoms with Crippen LogP contribution in [-0.2, 0) is 30.4 Å². The maximum atomic E-state index is 13.1. The first-order valence-electron chi connectivity index (χ1n) is 35.0. The van der Waals surface area contributed by atoms with Gasteiger partial charge in [-0.1, -0.05) is 113 Å². The van der Waals surface area contributed by atoms with Crippen molar-refractivity contribution in [3.05, 3.63) is 227 Å². The Balaban J connectivity index is 0.000000215. The Bertz CT molecular complexity index is 3710. The molecule has 1 saturated heterocycles. The molecule has 554 valence electrons. The van der Waals surface area contributed by atoms with Crippen molar-refractivity contribution in [3.8, 4) is 28.7 Å². The van der Waals surface area contributed by atoms with Gasteiger partial charge in [0.25, 0.3) is 0 Å². The zero-order chi connectivity index (χ0) is 72.2. The van der Waals surface area contributed by atoms with Gasteiger partial charge in [0.2, 0.25) is 0 Å². The zero-order valence-corrected chi connectivity index (χ0v) is 63.2. The third-order valence-electron chi connectivity index (χ3n) is 20.5. The molecular weight excluding hydrogens is 1480 g/mol. The number of phenols is 1. The van der Waals surface area contributed by atoms with E-state index in [1.54, 1.807) is 6.07 Å². The van der Waals surface area contributed by atoms with Gasteiger partial charge in [-0.2, -0.15) is 45.9 Å². The van der Waals surface area contributed by atoms with Gasteiger partial charge in [0.05, 0.1) is 27.7 Å². The van der Waals surface area contributed by atoms with Crippen molar-refractivity contribution in [2.75, 3.05) is 78.8 Å². The molecule has 23 heteroatoms. The molecule has 0 aromatic heterocycles. The number of hydrogen-bond donors (Lipinski definition) is 3. The van der Waals surface area contributed by atoms with Gasteiger partial charge >= 0.3 is 41.6 Å². The number of halogens is 11. The van der Waals surface area contributed by atoms with E-state index in [9.17, 15) is 54.8 Å². The average Bonchev–Trinajstić information content (AvgIpc) is 1.54. The third kappa shape index (κ3) is 21.2. The second-order valence-electron chi connectivity index (χ2n) is 27.7. The Kier molecular flexibility index (Phi) is 29.7. The molecule has 3 N–H and O–H groups in total. The molecule has 12 rings (SSSR count). The minimum absolute atomic E-state index is 0. The van der Waals surface area contributed by atoms with E-state index in [-0.39, 0.29) is 70.1 Å². The van der Waals surface area contributed by atoms with E-state index in [0.29, 0.717) is 80.5 Å². The predicted octanol–water partition coefficient (Wildman–Crippen LogP) is 14.6. The second-order valence-corrected chi connectivity index (χ2v) is 28.5. The summed E-state index contributed by atoms with van der Waals surface area (Å²) in [6, 6.07) is 47.3. The molecule has 0 radical (unpaired) electrons. The quantitative estimate of drug-likeness (QED) is 0.0180. The van der Waals surface area contributed by atoms with E-state index >= 15 is 0 Å². The maximum absolute atomic E-state index is 13.1. The number of hydrogen-bond acceptors (Lipinski definition) is 11. The Hall–Kier alpha value is -5.60. The summed E-state index contributed by atoms with van der Waals surface area (Å²) in [5.74, 6) is 2.47. The molecule has 2 heterocycles. The van der Waals surface area contributed by atoms with Gasteiger partial charge in [-0.3, -0.25) is 4.90 Å². The molecule has 11 nitrogen and oxygen atoms in total. The molecule has 7 aromatic rings. The SMILES string of the molecule is CN(CCCBr)CCC(Oc1ccc(C(F)(F)F)cc1)c1ccccc1.CN(CCC[C@]1(O)CC[C@@]2(O)[C@H]3Cc4ccc(O)c5c4[C@@]2(CCN3CC2CC2)[C@H]1O5)CCC(Oc1ccc(C(F)(F)F)cc1)c1ccccc1.[Br-].[CH2-]CCN(C)CCC(Oc1ccc(C(F)(F)F)cc1)c1ccccc1.[Mg+2]. The number of alkyl halides is 10. The van der Waals surface area contributed by atoms with Crippen LogP contribution in [0, 0.1) is 12.8 Å². The molecule has 5 aliphatic rings. The van der Waals surface area contributed by atoms with Crippen molar-refractivity contribution >= 4 is 39.0 Å². The third-order valence-corrected chi connectivity index (χ3v) is 21.1. The van der Waals surface area contributed by atoms with Gasteiger partial charge in [-0.15, -0.1) is 0 Å². The molecule has 3 unspecified atom stereocenters. The van der Waals surface area contributed by atoms with Gasteiger partial charge in [0.15, 0.2) is 11.5 Å². The fourth-order valence-corrected chi connectivity index (χ4v) is 15.2. The first-order chi connectivity index (χ1) is 48.2. The molecule has 8 atom stereocenters. The van der Waals surface area contributed by atoms with Crippen LogP contribution in [0.4, 0.5) is 39.5 Å². The smallest absolute Gasteiger partial charge is 1.00 e. The van der Waals surface area contributed by atoms with Crippen LogP contribution in [0.25, 0.3) is 0 Å². The van der Waals surface area contributed by atoms with Crippen molar-refractivity contribution in [2.24, 2.45) is 5.92 Å². The Morgan fingerprint density at radius 1 is 0.553 bits per heavy atom. The van der Waals surface area contributed by atoms with Gasteiger partial charge in [-0.25, -0.2) is 0 Å². The number of aromatic hydroxyl groups is 1. The number of aliphatic hydroxyl groups is 2. The van der Waals surface area contributed by atoms with Crippen molar-refractivity contribution in [1.82, 2.24) is 19.6 Å². The number of nitrogens with zero attached hydrogens (tertiary/aromatic N) is 4. The van der Waals surface area contributed by atoms with Crippen LogP contribution in [0.3, 0.4) is 0 Å².